The molecule has 14 heavy (non-hydrogen) atoms. The molecule has 1 saturated heterocycles. The number of nitrogens with one attached hydrogen (secondary N) is 1. The molecule has 1 aliphatic rings. The lowest BCUT2D eigenvalue weighted by atomic mass is 10.1. The van der Waals surface area contributed by atoms with Gasteiger partial charge in [-0.15, -0.1) is 0 Å². The molecule has 0 saturated carbocycles. The van der Waals surface area contributed by atoms with Crippen LogP contribution in [0.1, 0.15) is 11.7 Å². The van der Waals surface area contributed by atoms with Crippen LogP contribution in [0.3, 0.4) is 0 Å². The molecule has 1 aliphatic heterocycles. The van der Waals surface area contributed by atoms with Crippen molar-refractivity contribution in [3.63, 3.8) is 0 Å². The Morgan fingerprint density at radius 1 is 1.50 bits per heavy atom. The maximum atomic E-state index is 6.10. The lowest BCUT2D eigenvalue weighted by Crippen LogP contribution is -2.33. The van der Waals surface area contributed by atoms with E-state index < -0.39 is 0 Å². The molecule has 1 aromatic carbocycles. The number of benzene rings is 1. The Morgan fingerprint density at radius 2 is 2.36 bits per heavy atom. The number of rotatable bonds is 1. The first-order valence-corrected chi connectivity index (χ1v) is 5.72. The highest BCUT2D eigenvalue weighted by Gasteiger charge is 2.18. The number of morpholine rings is 1. The first-order valence-electron chi connectivity index (χ1n) is 4.54. The molecule has 4 heteroatoms. The zero-order valence-corrected chi connectivity index (χ0v) is 9.94. The summed E-state index contributed by atoms with van der Waals surface area (Å²) in [6.45, 7) is 2.49. The molecule has 1 N–H and O–H groups in total. The first kappa shape index (κ1) is 10.4. The highest BCUT2D eigenvalue weighted by atomic mass is 79.9. The SMILES string of the molecule is Clc1ccc(Br)cc1C1CNCCO1. The van der Waals surface area contributed by atoms with E-state index in [4.69, 9.17) is 16.3 Å². The summed E-state index contributed by atoms with van der Waals surface area (Å²) < 4.78 is 6.67. The lowest BCUT2D eigenvalue weighted by Gasteiger charge is -2.24. The molecule has 2 nitrogen and oxygen atoms in total. The van der Waals surface area contributed by atoms with Gasteiger partial charge in [0.25, 0.3) is 0 Å². The van der Waals surface area contributed by atoms with Gasteiger partial charge in [0, 0.05) is 28.1 Å². The van der Waals surface area contributed by atoms with Crippen LogP contribution in [-0.4, -0.2) is 19.7 Å². The Morgan fingerprint density at radius 3 is 3.07 bits per heavy atom. The number of halogens is 2. The van der Waals surface area contributed by atoms with Crippen LogP contribution in [0.5, 0.6) is 0 Å². The van der Waals surface area contributed by atoms with Crippen molar-refractivity contribution in [1.82, 2.24) is 5.32 Å². The van der Waals surface area contributed by atoms with Gasteiger partial charge in [-0.2, -0.15) is 0 Å². The Balaban J connectivity index is 2.24. The Kier molecular flexibility index (Phi) is 3.44. The van der Waals surface area contributed by atoms with Crippen molar-refractivity contribution in [2.75, 3.05) is 19.7 Å². The van der Waals surface area contributed by atoms with E-state index in [9.17, 15) is 0 Å². The quantitative estimate of drug-likeness (QED) is 0.852. The van der Waals surface area contributed by atoms with E-state index in [1.54, 1.807) is 0 Å². The van der Waals surface area contributed by atoms with Crippen molar-refractivity contribution in [3.8, 4) is 0 Å². The summed E-state index contributed by atoms with van der Waals surface area (Å²) in [5.41, 5.74) is 1.05. The van der Waals surface area contributed by atoms with Crippen LogP contribution in [0.2, 0.25) is 5.02 Å². The topological polar surface area (TPSA) is 21.3 Å². The molecule has 0 amide bonds. The van der Waals surface area contributed by atoms with Gasteiger partial charge >= 0.3 is 0 Å². The summed E-state index contributed by atoms with van der Waals surface area (Å²) in [6, 6.07) is 5.83. The van der Waals surface area contributed by atoms with Gasteiger partial charge in [-0.3, -0.25) is 0 Å². The molecule has 0 aliphatic carbocycles. The lowest BCUT2D eigenvalue weighted by molar-refractivity contribution is 0.0277. The predicted molar refractivity (Wildman–Crippen MR) is 60.7 cm³/mol. The molecule has 1 aromatic rings. The third kappa shape index (κ3) is 2.28. The largest absolute Gasteiger partial charge is 0.371 e. The van der Waals surface area contributed by atoms with Crippen molar-refractivity contribution >= 4 is 27.5 Å². The number of hydrogen-bond donors (Lipinski definition) is 1. The molecule has 1 fully saturated rings. The standard InChI is InChI=1S/C10H11BrClNO/c11-7-1-2-9(12)8(5-7)10-6-13-3-4-14-10/h1-2,5,10,13H,3-4,6H2. The van der Waals surface area contributed by atoms with E-state index in [-0.39, 0.29) is 6.10 Å². The van der Waals surface area contributed by atoms with Crippen LogP contribution >= 0.6 is 27.5 Å². The molecule has 1 atom stereocenters. The van der Waals surface area contributed by atoms with Crippen LogP contribution in [0.4, 0.5) is 0 Å². The van der Waals surface area contributed by atoms with E-state index in [0.717, 1.165) is 34.8 Å². The molecule has 1 unspecified atom stereocenters. The number of hydrogen-bond acceptors (Lipinski definition) is 2. The monoisotopic (exact) mass is 275 g/mol. The summed E-state index contributed by atoms with van der Waals surface area (Å²) >= 11 is 9.53. The van der Waals surface area contributed by atoms with Gasteiger partial charge in [0.15, 0.2) is 0 Å². The van der Waals surface area contributed by atoms with E-state index >= 15 is 0 Å². The average Bonchev–Trinajstić information content (AvgIpc) is 2.23. The summed E-state index contributed by atoms with van der Waals surface area (Å²) in [4.78, 5) is 0. The maximum Gasteiger partial charge on any atom is 0.0964 e. The van der Waals surface area contributed by atoms with Gasteiger partial charge in [-0.25, -0.2) is 0 Å². The fraction of sp³-hybridized carbons (Fsp3) is 0.400. The van der Waals surface area contributed by atoms with E-state index in [1.807, 2.05) is 18.2 Å². The van der Waals surface area contributed by atoms with Gasteiger partial charge < -0.3 is 10.1 Å². The summed E-state index contributed by atoms with van der Waals surface area (Å²) in [5.74, 6) is 0. The summed E-state index contributed by atoms with van der Waals surface area (Å²) in [6.07, 6.45) is 0.0775. The third-order valence-corrected chi connectivity index (χ3v) is 3.07. The van der Waals surface area contributed by atoms with Crippen LogP contribution in [0, 0.1) is 0 Å². The zero-order valence-electron chi connectivity index (χ0n) is 7.59. The minimum atomic E-state index is 0.0775. The van der Waals surface area contributed by atoms with Crippen LogP contribution < -0.4 is 5.32 Å². The molecule has 2 rings (SSSR count). The molecule has 0 aromatic heterocycles. The highest BCUT2D eigenvalue weighted by molar-refractivity contribution is 9.10. The fourth-order valence-corrected chi connectivity index (χ4v) is 2.14. The van der Waals surface area contributed by atoms with Crippen molar-refractivity contribution in [3.05, 3.63) is 33.3 Å². The number of ether oxygens (including phenoxy) is 1. The van der Waals surface area contributed by atoms with Crippen molar-refractivity contribution in [2.45, 2.75) is 6.10 Å². The molecule has 1 heterocycles. The molecule has 0 bridgehead atoms. The third-order valence-electron chi connectivity index (χ3n) is 2.23. The Hall–Kier alpha value is -0.0900. The van der Waals surface area contributed by atoms with Crippen LogP contribution in [-0.2, 0) is 4.74 Å². The predicted octanol–water partition coefficient (Wildman–Crippen LogP) is 2.76. The maximum absolute atomic E-state index is 6.10. The van der Waals surface area contributed by atoms with Crippen LogP contribution in [0.15, 0.2) is 22.7 Å². The van der Waals surface area contributed by atoms with Gasteiger partial charge in [0.1, 0.15) is 0 Å². The summed E-state index contributed by atoms with van der Waals surface area (Å²) in [7, 11) is 0. The summed E-state index contributed by atoms with van der Waals surface area (Å²) in [5, 5.41) is 4.05. The first-order chi connectivity index (χ1) is 6.77. The van der Waals surface area contributed by atoms with Gasteiger partial charge in [-0.05, 0) is 18.2 Å². The van der Waals surface area contributed by atoms with Crippen molar-refractivity contribution in [1.29, 1.82) is 0 Å². The smallest absolute Gasteiger partial charge is 0.0964 e. The van der Waals surface area contributed by atoms with Crippen molar-refractivity contribution < 1.29 is 4.74 Å². The van der Waals surface area contributed by atoms with E-state index in [0.29, 0.717) is 0 Å². The van der Waals surface area contributed by atoms with Gasteiger partial charge in [0.05, 0.1) is 12.7 Å². The molecular formula is C10H11BrClNO. The van der Waals surface area contributed by atoms with Gasteiger partial charge in [0.2, 0.25) is 0 Å². The fourth-order valence-electron chi connectivity index (χ4n) is 1.53. The second-order valence-corrected chi connectivity index (χ2v) is 4.55. The van der Waals surface area contributed by atoms with E-state index in [1.165, 1.54) is 0 Å². The van der Waals surface area contributed by atoms with Crippen LogP contribution in [0.25, 0.3) is 0 Å². The molecule has 0 spiro atoms. The van der Waals surface area contributed by atoms with E-state index in [2.05, 4.69) is 21.2 Å². The normalized spacial score (nSPS) is 22.3. The highest BCUT2D eigenvalue weighted by Crippen LogP contribution is 2.29. The average molecular weight is 277 g/mol. The van der Waals surface area contributed by atoms with Crippen molar-refractivity contribution in [2.24, 2.45) is 0 Å². The van der Waals surface area contributed by atoms with Gasteiger partial charge in [-0.1, -0.05) is 27.5 Å². The Bertz CT molecular complexity index is 326. The molecular weight excluding hydrogens is 265 g/mol. The zero-order chi connectivity index (χ0) is 9.97. The Labute approximate surface area is 96.7 Å². The second-order valence-electron chi connectivity index (χ2n) is 3.23. The minimum Gasteiger partial charge on any atom is -0.371 e. The minimum absolute atomic E-state index is 0.0775. The molecule has 0 radical (unpaired) electrons. The second kappa shape index (κ2) is 4.62. The molecule has 76 valence electrons.